The molecular weight excluding hydrogens is 240 g/mol. The molecule has 96 valence electrons. The van der Waals surface area contributed by atoms with Gasteiger partial charge >= 0.3 is 5.97 Å². The van der Waals surface area contributed by atoms with Crippen molar-refractivity contribution in [3.63, 3.8) is 0 Å². The molecule has 0 atom stereocenters. The number of nitrogens with two attached hydrogens (primary N) is 1. The van der Waals surface area contributed by atoms with Gasteiger partial charge in [-0.1, -0.05) is 25.1 Å². The maximum absolute atomic E-state index is 12.3. The van der Waals surface area contributed by atoms with Crippen LogP contribution in [0.4, 0.5) is 0 Å². The largest absolute Gasteiger partial charge is 0.468 e. The molecule has 0 bridgehead atoms. The summed E-state index contributed by atoms with van der Waals surface area (Å²) in [5.74, 6) is -0.621. The molecule has 0 aromatic carbocycles. The number of rotatable bonds is 4. The molecule has 0 unspecified atom stereocenters. The van der Waals surface area contributed by atoms with Gasteiger partial charge in [-0.2, -0.15) is 0 Å². The van der Waals surface area contributed by atoms with E-state index in [0.717, 1.165) is 12.8 Å². The van der Waals surface area contributed by atoms with Crippen molar-refractivity contribution in [1.29, 1.82) is 0 Å². The van der Waals surface area contributed by atoms with Crippen molar-refractivity contribution in [2.24, 2.45) is 11.1 Å². The summed E-state index contributed by atoms with van der Waals surface area (Å²) < 4.78 is 4.53. The van der Waals surface area contributed by atoms with Crippen LogP contribution in [-0.2, 0) is 14.3 Å². The fraction of sp³-hybridized carbons (Fsp3) is 0.727. The first-order valence-electron chi connectivity index (χ1n) is 5.56. The Morgan fingerprint density at radius 3 is 2.35 bits per heavy atom. The Kier molecular flexibility index (Phi) is 4.45. The van der Waals surface area contributed by atoms with E-state index in [2.05, 4.69) is 4.74 Å². The lowest BCUT2D eigenvalue weighted by Crippen LogP contribution is -2.49. The second kappa shape index (κ2) is 5.44. The van der Waals surface area contributed by atoms with Crippen LogP contribution in [0.5, 0.6) is 0 Å². The third-order valence-electron chi connectivity index (χ3n) is 3.28. The van der Waals surface area contributed by atoms with Gasteiger partial charge in [0, 0.05) is 7.05 Å². The summed E-state index contributed by atoms with van der Waals surface area (Å²) in [5, 5.41) is 0. The molecule has 0 aromatic heterocycles. The Bertz CT molecular complexity index is 338. The van der Waals surface area contributed by atoms with Gasteiger partial charge < -0.3 is 15.4 Å². The molecule has 0 saturated heterocycles. The number of nitrogens with zero attached hydrogens (tertiary/aromatic N) is 1. The van der Waals surface area contributed by atoms with Crippen molar-refractivity contribution in [3.8, 4) is 0 Å². The van der Waals surface area contributed by atoms with Gasteiger partial charge in [0.15, 0.2) is 0 Å². The Morgan fingerprint density at radius 2 is 1.94 bits per heavy atom. The SMILES string of the molecule is COC(=O)CN(C)C(=O)C1(C(N)=S)CCCC1. The fourth-order valence-corrected chi connectivity index (χ4v) is 2.53. The third kappa shape index (κ3) is 2.74. The van der Waals surface area contributed by atoms with Gasteiger partial charge in [0.2, 0.25) is 5.91 Å². The monoisotopic (exact) mass is 258 g/mol. The van der Waals surface area contributed by atoms with Gasteiger partial charge in [-0.3, -0.25) is 9.59 Å². The van der Waals surface area contributed by atoms with Crippen LogP contribution in [0.1, 0.15) is 25.7 Å². The molecule has 0 aliphatic heterocycles. The van der Waals surface area contributed by atoms with Crippen molar-refractivity contribution in [2.75, 3.05) is 20.7 Å². The maximum atomic E-state index is 12.3. The van der Waals surface area contributed by atoms with E-state index >= 15 is 0 Å². The third-order valence-corrected chi connectivity index (χ3v) is 3.67. The van der Waals surface area contributed by atoms with Crippen molar-refractivity contribution in [3.05, 3.63) is 0 Å². The topological polar surface area (TPSA) is 72.6 Å². The molecule has 1 saturated carbocycles. The van der Waals surface area contributed by atoms with Crippen LogP contribution in [0.2, 0.25) is 0 Å². The van der Waals surface area contributed by atoms with Crippen LogP contribution >= 0.6 is 12.2 Å². The molecule has 1 aliphatic carbocycles. The Morgan fingerprint density at radius 1 is 1.41 bits per heavy atom. The first-order valence-corrected chi connectivity index (χ1v) is 5.97. The van der Waals surface area contributed by atoms with Crippen LogP contribution in [0.25, 0.3) is 0 Å². The summed E-state index contributed by atoms with van der Waals surface area (Å²) in [6.45, 7) is -0.0697. The lowest BCUT2D eigenvalue weighted by Gasteiger charge is -2.30. The smallest absolute Gasteiger partial charge is 0.325 e. The average molecular weight is 258 g/mol. The summed E-state index contributed by atoms with van der Waals surface area (Å²) in [6, 6.07) is 0. The molecule has 1 fully saturated rings. The number of hydrogen-bond donors (Lipinski definition) is 1. The summed E-state index contributed by atoms with van der Waals surface area (Å²) >= 11 is 5.02. The van der Waals surface area contributed by atoms with Crippen LogP contribution in [-0.4, -0.2) is 42.5 Å². The number of amides is 1. The second-order valence-electron chi connectivity index (χ2n) is 4.39. The van der Waals surface area contributed by atoms with E-state index in [1.807, 2.05) is 0 Å². The normalized spacial score (nSPS) is 17.5. The van der Waals surface area contributed by atoms with E-state index in [1.165, 1.54) is 12.0 Å². The van der Waals surface area contributed by atoms with Crippen molar-refractivity contribution in [2.45, 2.75) is 25.7 Å². The minimum absolute atomic E-state index is 0.0697. The molecule has 0 radical (unpaired) electrons. The van der Waals surface area contributed by atoms with E-state index in [1.54, 1.807) is 7.05 Å². The second-order valence-corrected chi connectivity index (χ2v) is 4.83. The van der Waals surface area contributed by atoms with Crippen LogP contribution < -0.4 is 5.73 Å². The standard InChI is InChI=1S/C11H18N2O3S/c1-13(7-8(14)16-2)10(15)11(9(12)17)5-3-4-6-11/h3-7H2,1-2H3,(H2,12,17). The van der Waals surface area contributed by atoms with Crippen molar-refractivity contribution in [1.82, 2.24) is 4.90 Å². The van der Waals surface area contributed by atoms with Crippen LogP contribution in [0.3, 0.4) is 0 Å². The highest BCUT2D eigenvalue weighted by atomic mass is 32.1. The predicted molar refractivity (Wildman–Crippen MR) is 67.3 cm³/mol. The Balaban J connectivity index is 2.79. The van der Waals surface area contributed by atoms with Gasteiger partial charge in [-0.25, -0.2) is 0 Å². The van der Waals surface area contributed by atoms with E-state index in [0.29, 0.717) is 12.8 Å². The van der Waals surface area contributed by atoms with Gasteiger partial charge in [0.05, 0.1) is 17.5 Å². The lowest BCUT2D eigenvalue weighted by molar-refractivity contribution is -0.148. The highest BCUT2D eigenvalue weighted by Crippen LogP contribution is 2.39. The highest BCUT2D eigenvalue weighted by molar-refractivity contribution is 7.80. The number of esters is 1. The number of ether oxygens (including phenoxy) is 1. The molecule has 0 aromatic rings. The quantitative estimate of drug-likeness (QED) is 0.586. The zero-order valence-electron chi connectivity index (χ0n) is 10.2. The van der Waals surface area contributed by atoms with Gasteiger partial charge in [-0.15, -0.1) is 0 Å². The van der Waals surface area contributed by atoms with Crippen molar-refractivity contribution >= 4 is 29.1 Å². The number of likely N-dealkylation sites (N-methyl/N-ethyl adjacent to an activating group) is 1. The number of methoxy groups -OCH3 is 1. The molecule has 1 aliphatic rings. The van der Waals surface area contributed by atoms with E-state index in [-0.39, 0.29) is 17.4 Å². The predicted octanol–water partition coefficient (Wildman–Crippen LogP) is 0.464. The van der Waals surface area contributed by atoms with Crippen LogP contribution in [0, 0.1) is 5.41 Å². The van der Waals surface area contributed by atoms with E-state index in [9.17, 15) is 9.59 Å². The number of hydrogen-bond acceptors (Lipinski definition) is 4. The highest BCUT2D eigenvalue weighted by Gasteiger charge is 2.45. The summed E-state index contributed by atoms with van der Waals surface area (Å²) in [6.07, 6.45) is 3.23. The van der Waals surface area contributed by atoms with E-state index < -0.39 is 11.4 Å². The maximum Gasteiger partial charge on any atom is 0.325 e. The molecule has 1 rings (SSSR count). The van der Waals surface area contributed by atoms with Gasteiger partial charge in [-0.05, 0) is 12.8 Å². The Hall–Kier alpha value is -1.17. The molecule has 1 amide bonds. The molecule has 6 heteroatoms. The number of carbonyl (C=O) groups is 2. The molecule has 5 nitrogen and oxygen atoms in total. The minimum Gasteiger partial charge on any atom is -0.468 e. The summed E-state index contributed by atoms with van der Waals surface area (Å²) in [5.41, 5.74) is 4.95. The molecule has 2 N–H and O–H groups in total. The Labute approximate surface area is 106 Å². The molecule has 0 heterocycles. The fourth-order valence-electron chi connectivity index (χ4n) is 2.24. The van der Waals surface area contributed by atoms with Gasteiger partial charge in [0.1, 0.15) is 6.54 Å². The molecular formula is C11H18N2O3S. The lowest BCUT2D eigenvalue weighted by atomic mass is 9.84. The number of thiocarbonyl (C=S) groups is 1. The van der Waals surface area contributed by atoms with Crippen LogP contribution in [0.15, 0.2) is 0 Å². The molecule has 17 heavy (non-hydrogen) atoms. The summed E-state index contributed by atoms with van der Waals surface area (Å²) in [4.78, 5) is 25.0. The zero-order chi connectivity index (χ0) is 13.1. The first-order chi connectivity index (χ1) is 7.94. The first kappa shape index (κ1) is 13.9. The minimum atomic E-state index is -0.752. The number of carbonyl (C=O) groups excluding carboxylic acids is 2. The van der Waals surface area contributed by atoms with E-state index in [4.69, 9.17) is 18.0 Å². The van der Waals surface area contributed by atoms with Crippen molar-refractivity contribution < 1.29 is 14.3 Å². The summed E-state index contributed by atoms with van der Waals surface area (Å²) in [7, 11) is 2.86. The average Bonchev–Trinajstić information content (AvgIpc) is 2.77. The zero-order valence-corrected chi connectivity index (χ0v) is 11.0. The van der Waals surface area contributed by atoms with Gasteiger partial charge in [0.25, 0.3) is 0 Å². The molecule has 0 spiro atoms.